The highest BCUT2D eigenvalue weighted by Crippen LogP contribution is 2.26. The maximum Gasteiger partial charge on any atom is 0.269 e. The second-order valence-corrected chi connectivity index (χ2v) is 5.33. The summed E-state index contributed by atoms with van der Waals surface area (Å²) in [6.07, 6.45) is 1.70. The van der Waals surface area contributed by atoms with Crippen LogP contribution in [0.15, 0.2) is 24.3 Å². The first-order chi connectivity index (χ1) is 9.43. The van der Waals surface area contributed by atoms with Crippen molar-refractivity contribution in [3.8, 4) is 0 Å². The first-order valence-corrected chi connectivity index (χ1v) is 6.67. The van der Waals surface area contributed by atoms with E-state index in [1.54, 1.807) is 17.0 Å². The van der Waals surface area contributed by atoms with Crippen molar-refractivity contribution in [1.29, 1.82) is 0 Å². The Morgan fingerprint density at radius 3 is 2.80 bits per heavy atom. The van der Waals surface area contributed by atoms with E-state index in [-0.39, 0.29) is 18.0 Å². The van der Waals surface area contributed by atoms with Crippen molar-refractivity contribution in [2.24, 2.45) is 0 Å². The van der Waals surface area contributed by atoms with Crippen molar-refractivity contribution in [3.05, 3.63) is 39.9 Å². The number of likely N-dealkylation sites (tertiary alicyclic amines) is 1. The number of hydrogen-bond donors (Lipinski definition) is 1. The number of nitro groups is 1. The normalized spacial score (nSPS) is 16.6. The number of non-ortho nitro benzene ring substituents is 1. The number of β-amino-alcohol motifs (C(OH)–C–C–N with tert-alkyl or cyclic N) is 1. The third kappa shape index (κ3) is 3.14. The van der Waals surface area contributed by atoms with Gasteiger partial charge in [0.1, 0.15) is 0 Å². The van der Waals surface area contributed by atoms with Crippen LogP contribution < -0.4 is 0 Å². The van der Waals surface area contributed by atoms with Gasteiger partial charge in [-0.05, 0) is 12.0 Å². The molecule has 1 amide bonds. The zero-order valence-electron chi connectivity index (χ0n) is 11.4. The van der Waals surface area contributed by atoms with Crippen LogP contribution in [0.5, 0.6) is 0 Å². The minimum atomic E-state index is -0.743. The molecule has 0 atom stereocenters. The minimum Gasteiger partial charge on any atom is -0.386 e. The van der Waals surface area contributed by atoms with Crippen LogP contribution in [-0.4, -0.2) is 39.5 Å². The Morgan fingerprint density at radius 2 is 2.20 bits per heavy atom. The van der Waals surface area contributed by atoms with Gasteiger partial charge in [-0.1, -0.05) is 25.5 Å². The molecule has 108 valence electrons. The number of rotatable bonds is 5. The number of nitrogens with zero attached hydrogens (tertiary/aromatic N) is 2. The van der Waals surface area contributed by atoms with E-state index in [1.807, 2.05) is 6.92 Å². The summed E-state index contributed by atoms with van der Waals surface area (Å²) in [6.45, 7) is 2.70. The average Bonchev–Trinajstić information content (AvgIpc) is 2.36. The molecular formula is C14H18N2O4. The Hall–Kier alpha value is -1.95. The predicted molar refractivity (Wildman–Crippen MR) is 73.2 cm³/mol. The summed E-state index contributed by atoms with van der Waals surface area (Å²) in [5.41, 5.74) is -0.135. The molecule has 1 fully saturated rings. The minimum absolute atomic E-state index is 0.0126. The molecule has 6 nitrogen and oxygen atoms in total. The van der Waals surface area contributed by atoms with Crippen molar-refractivity contribution in [3.63, 3.8) is 0 Å². The van der Waals surface area contributed by atoms with Gasteiger partial charge in [0.25, 0.3) is 5.69 Å². The predicted octanol–water partition coefficient (Wildman–Crippen LogP) is 1.51. The molecule has 0 unspecified atom stereocenters. The molecule has 0 radical (unpaired) electrons. The zero-order chi connectivity index (χ0) is 14.8. The Kier molecular flexibility index (Phi) is 4.04. The number of benzene rings is 1. The Morgan fingerprint density at radius 1 is 1.50 bits per heavy atom. The van der Waals surface area contributed by atoms with Gasteiger partial charge in [-0.3, -0.25) is 14.9 Å². The molecule has 1 heterocycles. The Labute approximate surface area is 117 Å². The highest BCUT2D eigenvalue weighted by atomic mass is 16.6. The Bertz CT molecular complexity index is 524. The summed E-state index contributed by atoms with van der Waals surface area (Å²) < 4.78 is 0. The second kappa shape index (κ2) is 5.58. The quantitative estimate of drug-likeness (QED) is 0.653. The van der Waals surface area contributed by atoms with E-state index in [0.717, 1.165) is 6.42 Å². The highest BCUT2D eigenvalue weighted by Gasteiger charge is 2.42. The van der Waals surface area contributed by atoms with Crippen molar-refractivity contribution >= 4 is 11.6 Å². The number of nitro benzene ring substituents is 1. The molecule has 2 rings (SSSR count). The van der Waals surface area contributed by atoms with E-state index < -0.39 is 10.5 Å². The molecule has 20 heavy (non-hydrogen) atoms. The van der Waals surface area contributed by atoms with Gasteiger partial charge in [0, 0.05) is 12.1 Å². The fourth-order valence-electron chi connectivity index (χ4n) is 2.53. The molecule has 1 N–H and O–H groups in total. The topological polar surface area (TPSA) is 83.7 Å². The van der Waals surface area contributed by atoms with E-state index >= 15 is 0 Å². The van der Waals surface area contributed by atoms with Crippen LogP contribution in [0.4, 0.5) is 5.69 Å². The summed E-state index contributed by atoms with van der Waals surface area (Å²) >= 11 is 0. The van der Waals surface area contributed by atoms with Crippen LogP contribution in [-0.2, 0) is 11.2 Å². The molecule has 1 saturated heterocycles. The highest BCUT2D eigenvalue weighted by molar-refractivity contribution is 5.80. The first kappa shape index (κ1) is 14.5. The molecule has 0 spiro atoms. The van der Waals surface area contributed by atoms with Crippen LogP contribution in [0.3, 0.4) is 0 Å². The lowest BCUT2D eigenvalue weighted by molar-refractivity contribution is -0.384. The summed E-state index contributed by atoms with van der Waals surface area (Å²) in [4.78, 5) is 23.8. The van der Waals surface area contributed by atoms with Crippen LogP contribution in [0.2, 0.25) is 0 Å². The Balaban J connectivity index is 1.93. The van der Waals surface area contributed by atoms with Crippen LogP contribution in [0.25, 0.3) is 0 Å². The maximum atomic E-state index is 12.0. The van der Waals surface area contributed by atoms with Gasteiger partial charge >= 0.3 is 0 Å². The number of hydrogen-bond acceptors (Lipinski definition) is 4. The van der Waals surface area contributed by atoms with Crippen molar-refractivity contribution in [1.82, 2.24) is 4.90 Å². The van der Waals surface area contributed by atoms with Gasteiger partial charge in [0.05, 0.1) is 30.0 Å². The van der Waals surface area contributed by atoms with E-state index in [0.29, 0.717) is 25.1 Å². The molecule has 0 saturated carbocycles. The number of carbonyl (C=O) groups is 1. The van der Waals surface area contributed by atoms with Crippen molar-refractivity contribution < 1.29 is 14.8 Å². The standard InChI is InChI=1S/C14H18N2O4/c1-2-6-14(18)9-15(10-14)13(17)8-11-4-3-5-12(7-11)16(19)20/h3-5,7,18H,2,6,8-10H2,1H3. The maximum absolute atomic E-state index is 12.0. The van der Waals surface area contributed by atoms with E-state index in [2.05, 4.69) is 0 Å². The van der Waals surface area contributed by atoms with Crippen molar-refractivity contribution in [2.45, 2.75) is 31.8 Å². The molecule has 1 aliphatic rings. The monoisotopic (exact) mass is 278 g/mol. The van der Waals surface area contributed by atoms with Gasteiger partial charge < -0.3 is 10.0 Å². The second-order valence-electron chi connectivity index (χ2n) is 5.33. The fraction of sp³-hybridized carbons (Fsp3) is 0.500. The molecule has 0 aliphatic carbocycles. The fourth-order valence-corrected chi connectivity index (χ4v) is 2.53. The molecular weight excluding hydrogens is 260 g/mol. The lowest BCUT2D eigenvalue weighted by Gasteiger charge is -2.46. The summed E-state index contributed by atoms with van der Waals surface area (Å²) in [7, 11) is 0. The van der Waals surface area contributed by atoms with Gasteiger partial charge in [-0.15, -0.1) is 0 Å². The molecule has 0 bridgehead atoms. The number of carbonyl (C=O) groups excluding carboxylic acids is 1. The molecule has 0 aromatic heterocycles. The third-order valence-corrected chi connectivity index (χ3v) is 3.52. The lowest BCUT2D eigenvalue weighted by Crippen LogP contribution is -2.63. The molecule has 1 aromatic carbocycles. The largest absolute Gasteiger partial charge is 0.386 e. The van der Waals surface area contributed by atoms with Crippen LogP contribution in [0, 0.1) is 10.1 Å². The van der Waals surface area contributed by atoms with Gasteiger partial charge in [0.15, 0.2) is 0 Å². The van der Waals surface area contributed by atoms with Gasteiger partial charge in [0.2, 0.25) is 5.91 Å². The number of aliphatic hydroxyl groups is 1. The van der Waals surface area contributed by atoms with Crippen LogP contribution >= 0.6 is 0 Å². The van der Waals surface area contributed by atoms with E-state index in [4.69, 9.17) is 0 Å². The van der Waals surface area contributed by atoms with E-state index in [1.165, 1.54) is 12.1 Å². The summed E-state index contributed by atoms with van der Waals surface area (Å²) in [5.74, 6) is -0.105. The smallest absolute Gasteiger partial charge is 0.269 e. The molecule has 1 aliphatic heterocycles. The third-order valence-electron chi connectivity index (χ3n) is 3.52. The summed E-state index contributed by atoms with van der Waals surface area (Å²) in [5, 5.41) is 20.7. The molecule has 1 aromatic rings. The lowest BCUT2D eigenvalue weighted by atomic mass is 9.89. The van der Waals surface area contributed by atoms with Crippen molar-refractivity contribution in [2.75, 3.05) is 13.1 Å². The van der Waals surface area contributed by atoms with E-state index in [9.17, 15) is 20.0 Å². The van der Waals surface area contributed by atoms with Gasteiger partial charge in [-0.2, -0.15) is 0 Å². The average molecular weight is 278 g/mol. The molecule has 6 heteroatoms. The SMILES string of the molecule is CCCC1(O)CN(C(=O)Cc2cccc([N+](=O)[O-])c2)C1. The van der Waals surface area contributed by atoms with Gasteiger partial charge in [-0.25, -0.2) is 0 Å². The van der Waals surface area contributed by atoms with Crippen LogP contribution in [0.1, 0.15) is 25.3 Å². The summed E-state index contributed by atoms with van der Waals surface area (Å²) in [6, 6.07) is 6.08. The first-order valence-electron chi connectivity index (χ1n) is 6.67. The number of amides is 1. The zero-order valence-corrected chi connectivity index (χ0v) is 11.4.